The summed E-state index contributed by atoms with van der Waals surface area (Å²) >= 11 is 1.59. The number of carbonyl (C=O) groups is 1. The van der Waals surface area contributed by atoms with Gasteiger partial charge in [-0.2, -0.15) is 0 Å². The van der Waals surface area contributed by atoms with Gasteiger partial charge in [-0.05, 0) is 17.5 Å². The monoisotopic (exact) mass is 264 g/mol. The lowest BCUT2D eigenvalue weighted by Crippen LogP contribution is -2.34. The third-order valence-electron chi connectivity index (χ3n) is 2.38. The maximum absolute atomic E-state index is 11.7. The van der Waals surface area contributed by atoms with Crippen molar-refractivity contribution in [2.24, 2.45) is 5.41 Å². The molecule has 0 bridgehead atoms. The largest absolute Gasteiger partial charge is 0.350 e. The van der Waals surface area contributed by atoms with Gasteiger partial charge in [0.25, 0.3) is 0 Å². The lowest BCUT2D eigenvalue weighted by atomic mass is 9.96. The summed E-state index contributed by atoms with van der Waals surface area (Å²) in [5.74, 6) is 0.00757. The van der Waals surface area contributed by atoms with Crippen molar-refractivity contribution in [3.63, 3.8) is 0 Å². The average Bonchev–Trinajstić information content (AvgIpc) is 2.94. The molecule has 0 aliphatic rings. The molecule has 2 aromatic heterocycles. The number of aromatic nitrogens is 3. The van der Waals surface area contributed by atoms with Crippen LogP contribution in [0.4, 0.5) is 0 Å². The molecule has 0 radical (unpaired) electrons. The van der Waals surface area contributed by atoms with Gasteiger partial charge in [-0.1, -0.05) is 26.0 Å². The number of nitrogens with zero attached hydrogens (tertiary/aromatic N) is 3. The maximum Gasteiger partial charge on any atom is 0.225 e. The van der Waals surface area contributed by atoms with Gasteiger partial charge in [-0.3, -0.25) is 4.79 Å². The summed E-state index contributed by atoms with van der Waals surface area (Å²) in [5.41, 5.74) is 0.366. The van der Waals surface area contributed by atoms with Crippen LogP contribution in [0.2, 0.25) is 0 Å². The third kappa shape index (κ3) is 2.95. The summed E-state index contributed by atoms with van der Waals surface area (Å²) in [4.78, 5) is 11.7. The van der Waals surface area contributed by atoms with E-state index in [0.717, 1.165) is 10.7 Å². The van der Waals surface area contributed by atoms with Gasteiger partial charge in [-0.25, -0.2) is 4.68 Å². The van der Waals surface area contributed by atoms with Gasteiger partial charge in [-0.15, -0.1) is 16.4 Å². The molecular formula is C12H16N4OS. The molecule has 18 heavy (non-hydrogen) atoms. The average molecular weight is 264 g/mol. The summed E-state index contributed by atoms with van der Waals surface area (Å²) in [6.07, 6.45) is 1.83. The number of carbonyl (C=O) groups excluding carboxylic acids is 1. The van der Waals surface area contributed by atoms with Crippen LogP contribution in [0.1, 0.15) is 26.5 Å². The second-order valence-corrected chi connectivity index (χ2v) is 5.96. The zero-order valence-electron chi connectivity index (χ0n) is 10.7. The summed E-state index contributed by atoms with van der Waals surface area (Å²) in [7, 11) is 0. The van der Waals surface area contributed by atoms with Crippen LogP contribution in [0, 0.1) is 5.41 Å². The van der Waals surface area contributed by atoms with Crippen LogP contribution >= 0.6 is 11.3 Å². The first kappa shape index (κ1) is 12.8. The molecule has 0 spiro atoms. The quantitative estimate of drug-likeness (QED) is 0.922. The molecule has 0 unspecified atom stereocenters. The van der Waals surface area contributed by atoms with Crippen LogP contribution in [-0.2, 0) is 11.3 Å². The van der Waals surface area contributed by atoms with Gasteiger partial charge in [0.1, 0.15) is 10.7 Å². The first-order valence-corrected chi connectivity index (χ1v) is 6.58. The number of hydrogen-bond acceptors (Lipinski definition) is 4. The predicted octanol–water partition coefficient (Wildman–Crippen LogP) is 1.99. The molecule has 2 aromatic rings. The number of thiophene rings is 1. The van der Waals surface area contributed by atoms with E-state index in [4.69, 9.17) is 0 Å². The molecule has 0 atom stereocenters. The van der Waals surface area contributed by atoms with Crippen LogP contribution in [0.5, 0.6) is 0 Å². The van der Waals surface area contributed by atoms with Crippen molar-refractivity contribution in [2.75, 3.05) is 0 Å². The zero-order valence-corrected chi connectivity index (χ0v) is 11.5. The fourth-order valence-electron chi connectivity index (χ4n) is 1.32. The molecule has 0 aromatic carbocycles. The first-order chi connectivity index (χ1) is 8.47. The van der Waals surface area contributed by atoms with Crippen molar-refractivity contribution in [3.8, 4) is 5.00 Å². The Morgan fingerprint density at radius 1 is 1.50 bits per heavy atom. The minimum Gasteiger partial charge on any atom is -0.350 e. The summed E-state index contributed by atoms with van der Waals surface area (Å²) in [6.45, 7) is 6.04. The third-order valence-corrected chi connectivity index (χ3v) is 3.24. The predicted molar refractivity (Wildman–Crippen MR) is 70.5 cm³/mol. The summed E-state index contributed by atoms with van der Waals surface area (Å²) in [5, 5.41) is 13.9. The van der Waals surface area contributed by atoms with Crippen molar-refractivity contribution in [1.29, 1.82) is 0 Å². The highest BCUT2D eigenvalue weighted by molar-refractivity contribution is 7.12. The Kier molecular flexibility index (Phi) is 3.47. The Balaban J connectivity index is 1.98. The standard InChI is InChI=1S/C12H16N4OS/c1-12(2,3)11(17)13-7-9-8-16(15-14-9)10-5-4-6-18-10/h4-6,8H,7H2,1-3H3,(H,13,17). The first-order valence-electron chi connectivity index (χ1n) is 5.70. The van der Waals surface area contributed by atoms with Gasteiger partial charge >= 0.3 is 0 Å². The molecule has 96 valence electrons. The Labute approximate surface area is 110 Å². The lowest BCUT2D eigenvalue weighted by molar-refractivity contribution is -0.128. The van der Waals surface area contributed by atoms with Crippen molar-refractivity contribution in [2.45, 2.75) is 27.3 Å². The van der Waals surface area contributed by atoms with Crippen molar-refractivity contribution in [3.05, 3.63) is 29.4 Å². The maximum atomic E-state index is 11.7. The Hall–Kier alpha value is -1.69. The SMILES string of the molecule is CC(C)(C)C(=O)NCc1cn(-c2cccs2)nn1. The second kappa shape index (κ2) is 4.89. The summed E-state index contributed by atoms with van der Waals surface area (Å²) < 4.78 is 1.71. The van der Waals surface area contributed by atoms with Crippen LogP contribution in [0.3, 0.4) is 0 Å². The molecule has 0 aliphatic heterocycles. The van der Waals surface area contributed by atoms with E-state index in [2.05, 4.69) is 15.6 Å². The normalized spacial score (nSPS) is 11.5. The van der Waals surface area contributed by atoms with Crippen LogP contribution in [0.25, 0.3) is 5.00 Å². The molecule has 0 saturated carbocycles. The van der Waals surface area contributed by atoms with Gasteiger partial charge < -0.3 is 5.32 Å². The van der Waals surface area contributed by atoms with E-state index in [-0.39, 0.29) is 11.3 Å². The summed E-state index contributed by atoms with van der Waals surface area (Å²) in [6, 6.07) is 3.93. The van der Waals surface area contributed by atoms with Crippen LogP contribution in [0.15, 0.2) is 23.7 Å². The highest BCUT2D eigenvalue weighted by atomic mass is 32.1. The lowest BCUT2D eigenvalue weighted by Gasteiger charge is -2.16. The van der Waals surface area contributed by atoms with Gasteiger partial charge in [0.2, 0.25) is 5.91 Å². The van der Waals surface area contributed by atoms with E-state index in [1.807, 2.05) is 44.5 Å². The van der Waals surface area contributed by atoms with Crippen molar-refractivity contribution in [1.82, 2.24) is 20.3 Å². The molecule has 2 rings (SSSR count). The van der Waals surface area contributed by atoms with E-state index in [1.165, 1.54) is 0 Å². The molecular weight excluding hydrogens is 248 g/mol. The molecule has 2 heterocycles. The molecule has 6 heteroatoms. The van der Waals surface area contributed by atoms with Crippen LogP contribution < -0.4 is 5.32 Å². The molecule has 1 N–H and O–H groups in total. The van der Waals surface area contributed by atoms with Gasteiger partial charge in [0.05, 0.1) is 12.7 Å². The molecule has 0 aliphatic carbocycles. The van der Waals surface area contributed by atoms with Crippen molar-refractivity contribution < 1.29 is 4.79 Å². The highest BCUT2D eigenvalue weighted by Gasteiger charge is 2.20. The minimum atomic E-state index is -0.385. The molecule has 1 amide bonds. The fourth-order valence-corrected chi connectivity index (χ4v) is 1.97. The van der Waals surface area contributed by atoms with Crippen molar-refractivity contribution >= 4 is 17.2 Å². The van der Waals surface area contributed by atoms with E-state index in [1.54, 1.807) is 16.0 Å². The van der Waals surface area contributed by atoms with Gasteiger partial charge in [0, 0.05) is 5.41 Å². The number of hydrogen-bond donors (Lipinski definition) is 1. The van der Waals surface area contributed by atoms with Crippen LogP contribution in [-0.4, -0.2) is 20.9 Å². The topological polar surface area (TPSA) is 59.8 Å². The van der Waals surface area contributed by atoms with E-state index in [9.17, 15) is 4.79 Å². The Morgan fingerprint density at radius 2 is 2.28 bits per heavy atom. The second-order valence-electron chi connectivity index (χ2n) is 5.04. The Morgan fingerprint density at radius 3 is 2.89 bits per heavy atom. The molecule has 0 saturated heterocycles. The number of amides is 1. The number of rotatable bonds is 3. The smallest absolute Gasteiger partial charge is 0.225 e. The van der Waals surface area contributed by atoms with E-state index < -0.39 is 0 Å². The van der Waals surface area contributed by atoms with E-state index >= 15 is 0 Å². The van der Waals surface area contributed by atoms with Gasteiger partial charge in [0.15, 0.2) is 0 Å². The van der Waals surface area contributed by atoms with E-state index in [0.29, 0.717) is 6.54 Å². The number of nitrogens with one attached hydrogen (secondary N) is 1. The Bertz CT molecular complexity index is 525. The zero-order chi connectivity index (χ0) is 13.2. The minimum absolute atomic E-state index is 0.00757. The highest BCUT2D eigenvalue weighted by Crippen LogP contribution is 2.14. The molecule has 0 fully saturated rings. The fraction of sp³-hybridized carbons (Fsp3) is 0.417. The molecule has 5 nitrogen and oxygen atoms in total.